The van der Waals surface area contributed by atoms with E-state index >= 15 is 0 Å². The van der Waals surface area contributed by atoms with Crippen LogP contribution in [0.1, 0.15) is 0 Å². The van der Waals surface area contributed by atoms with Gasteiger partial charge in [-0.2, -0.15) is 0 Å². The molecule has 52 valence electrons. The van der Waals surface area contributed by atoms with E-state index in [0.29, 0.717) is 0 Å². The van der Waals surface area contributed by atoms with Gasteiger partial charge in [-0.25, -0.2) is 0 Å². The smallest absolute Gasteiger partial charge is 0.155 e. The summed E-state index contributed by atoms with van der Waals surface area (Å²) in [4.78, 5) is 2.39. The fourth-order valence-corrected chi connectivity index (χ4v) is 3.11. The molecule has 1 aliphatic rings. The van der Waals surface area contributed by atoms with Crippen LogP contribution in [-0.4, -0.2) is 9.87 Å². The van der Waals surface area contributed by atoms with E-state index in [0.717, 1.165) is 0 Å². The molecule has 0 saturated carbocycles. The minimum atomic E-state index is -0.294. The molecule has 0 aromatic heterocycles. The van der Waals surface area contributed by atoms with Crippen molar-refractivity contribution in [1.82, 2.24) is 0 Å². The molecule has 1 aliphatic heterocycles. The third-order valence-corrected chi connectivity index (χ3v) is 3.63. The summed E-state index contributed by atoms with van der Waals surface area (Å²) in [7, 11) is 0. The second kappa shape index (κ2) is 2.49. The van der Waals surface area contributed by atoms with Crippen LogP contribution in [0.5, 0.6) is 0 Å². The zero-order valence-electron chi connectivity index (χ0n) is 5.15. The molecule has 0 saturated heterocycles. The number of hydrogen-bond acceptors (Lipinski definition) is 3. The van der Waals surface area contributed by atoms with Crippen LogP contribution >= 0.6 is 23.5 Å². The maximum Gasteiger partial charge on any atom is 0.155 e. The largest absolute Gasteiger partial charge is 0.372 e. The molecular weight excluding hydrogens is 164 g/mol. The first-order chi connectivity index (χ1) is 4.86. The molecule has 0 radical (unpaired) electrons. The highest BCUT2D eigenvalue weighted by molar-refractivity contribution is 8.19. The molecule has 0 fully saturated rings. The monoisotopic (exact) mass is 170 g/mol. The van der Waals surface area contributed by atoms with Gasteiger partial charge in [0.05, 0.1) is 0 Å². The van der Waals surface area contributed by atoms with Crippen LogP contribution in [0.3, 0.4) is 0 Å². The van der Waals surface area contributed by atoms with Crippen molar-refractivity contribution in [3.8, 4) is 0 Å². The number of aliphatic hydroxyl groups is 1. The van der Waals surface area contributed by atoms with E-state index in [1.165, 1.54) is 33.3 Å². The van der Waals surface area contributed by atoms with Crippen LogP contribution in [0.15, 0.2) is 34.1 Å². The summed E-state index contributed by atoms with van der Waals surface area (Å²) in [5.74, 6) is 0. The maximum atomic E-state index is 9.18. The summed E-state index contributed by atoms with van der Waals surface area (Å²) in [5.41, 5.74) is 0. The number of hydrogen-bond donors (Lipinski definition) is 1. The SMILES string of the molecule is OC1Sc2ccccc2S1. The molecule has 2 rings (SSSR count). The van der Waals surface area contributed by atoms with Crippen molar-refractivity contribution in [1.29, 1.82) is 0 Å². The van der Waals surface area contributed by atoms with Gasteiger partial charge in [0.1, 0.15) is 0 Å². The molecule has 1 nitrogen and oxygen atoms in total. The van der Waals surface area contributed by atoms with Crippen LogP contribution in [-0.2, 0) is 0 Å². The topological polar surface area (TPSA) is 20.2 Å². The summed E-state index contributed by atoms with van der Waals surface area (Å²) in [5, 5.41) is 9.18. The van der Waals surface area contributed by atoms with Gasteiger partial charge in [0.2, 0.25) is 0 Å². The van der Waals surface area contributed by atoms with Gasteiger partial charge in [0, 0.05) is 9.79 Å². The molecule has 0 bridgehead atoms. The van der Waals surface area contributed by atoms with E-state index in [2.05, 4.69) is 0 Å². The zero-order chi connectivity index (χ0) is 6.97. The van der Waals surface area contributed by atoms with Gasteiger partial charge in [-0.05, 0) is 12.1 Å². The summed E-state index contributed by atoms with van der Waals surface area (Å²) in [6.07, 6.45) is 0. The zero-order valence-corrected chi connectivity index (χ0v) is 6.78. The Kier molecular flexibility index (Phi) is 1.64. The minimum Gasteiger partial charge on any atom is -0.372 e. The Morgan fingerprint density at radius 2 is 1.60 bits per heavy atom. The number of aliphatic hydroxyl groups excluding tert-OH is 1. The van der Waals surface area contributed by atoms with Gasteiger partial charge in [-0.1, -0.05) is 35.7 Å². The van der Waals surface area contributed by atoms with Crippen molar-refractivity contribution in [2.24, 2.45) is 0 Å². The Bertz CT molecular complexity index is 224. The van der Waals surface area contributed by atoms with Gasteiger partial charge in [-0.3, -0.25) is 0 Å². The standard InChI is InChI=1S/C7H6OS2/c8-7-9-5-3-1-2-4-6(5)10-7/h1-4,7-8H. The number of rotatable bonds is 0. The Balaban J connectivity index is 2.42. The van der Waals surface area contributed by atoms with E-state index in [9.17, 15) is 5.11 Å². The Morgan fingerprint density at radius 3 is 2.10 bits per heavy atom. The lowest BCUT2D eigenvalue weighted by Crippen LogP contribution is -1.82. The molecule has 10 heavy (non-hydrogen) atoms. The van der Waals surface area contributed by atoms with Gasteiger partial charge >= 0.3 is 0 Å². The summed E-state index contributed by atoms with van der Waals surface area (Å²) >= 11 is 3.02. The summed E-state index contributed by atoms with van der Waals surface area (Å²) < 4.78 is -0.294. The van der Waals surface area contributed by atoms with Gasteiger partial charge < -0.3 is 5.11 Å². The first-order valence-corrected chi connectivity index (χ1v) is 4.72. The van der Waals surface area contributed by atoms with Crippen LogP contribution in [0, 0.1) is 0 Å². The minimum absolute atomic E-state index is 0.294. The van der Waals surface area contributed by atoms with Crippen LogP contribution < -0.4 is 0 Å². The van der Waals surface area contributed by atoms with E-state index in [1.54, 1.807) is 0 Å². The highest BCUT2D eigenvalue weighted by Gasteiger charge is 2.19. The summed E-state index contributed by atoms with van der Waals surface area (Å²) in [6, 6.07) is 8.04. The van der Waals surface area contributed by atoms with Crippen molar-refractivity contribution >= 4 is 23.5 Å². The molecule has 0 unspecified atom stereocenters. The molecule has 0 atom stereocenters. The second-order valence-corrected chi connectivity index (χ2v) is 4.53. The Labute approximate surface area is 67.8 Å². The highest BCUT2D eigenvalue weighted by Crippen LogP contribution is 2.45. The fraction of sp³-hybridized carbons (Fsp3) is 0.143. The highest BCUT2D eigenvalue weighted by atomic mass is 32.2. The van der Waals surface area contributed by atoms with Crippen molar-refractivity contribution in [2.75, 3.05) is 0 Å². The lowest BCUT2D eigenvalue weighted by Gasteiger charge is -1.91. The van der Waals surface area contributed by atoms with Gasteiger partial charge in [0.15, 0.2) is 4.77 Å². The number of benzene rings is 1. The Hall–Kier alpha value is -0.120. The molecule has 0 aliphatic carbocycles. The molecular formula is C7H6OS2. The average molecular weight is 170 g/mol. The molecule has 3 heteroatoms. The van der Waals surface area contributed by atoms with E-state index in [-0.39, 0.29) is 4.77 Å². The predicted molar refractivity (Wildman–Crippen MR) is 44.2 cm³/mol. The predicted octanol–water partition coefficient (Wildman–Crippen LogP) is 2.16. The van der Waals surface area contributed by atoms with Gasteiger partial charge in [-0.15, -0.1) is 0 Å². The normalized spacial score (nSPS) is 17.3. The van der Waals surface area contributed by atoms with Crippen molar-refractivity contribution < 1.29 is 5.11 Å². The third-order valence-electron chi connectivity index (χ3n) is 1.30. The maximum absolute atomic E-state index is 9.18. The van der Waals surface area contributed by atoms with Crippen molar-refractivity contribution in [3.05, 3.63) is 24.3 Å². The van der Waals surface area contributed by atoms with Crippen molar-refractivity contribution in [3.63, 3.8) is 0 Å². The Morgan fingerprint density at radius 1 is 1.10 bits per heavy atom. The van der Waals surface area contributed by atoms with Crippen LogP contribution in [0.4, 0.5) is 0 Å². The van der Waals surface area contributed by atoms with Gasteiger partial charge in [0.25, 0.3) is 0 Å². The first kappa shape index (κ1) is 6.58. The van der Waals surface area contributed by atoms with Crippen LogP contribution in [0.2, 0.25) is 0 Å². The van der Waals surface area contributed by atoms with Crippen LogP contribution in [0.25, 0.3) is 0 Å². The summed E-state index contributed by atoms with van der Waals surface area (Å²) in [6.45, 7) is 0. The number of thioether (sulfide) groups is 2. The fourth-order valence-electron chi connectivity index (χ4n) is 0.886. The van der Waals surface area contributed by atoms with E-state index in [4.69, 9.17) is 0 Å². The van der Waals surface area contributed by atoms with Crippen molar-refractivity contribution in [2.45, 2.75) is 14.6 Å². The quantitative estimate of drug-likeness (QED) is 0.644. The molecule has 1 aromatic carbocycles. The van der Waals surface area contributed by atoms with E-state index < -0.39 is 0 Å². The first-order valence-electron chi connectivity index (χ1n) is 2.97. The lowest BCUT2D eigenvalue weighted by molar-refractivity contribution is 0.347. The lowest BCUT2D eigenvalue weighted by atomic mass is 10.4. The molecule has 1 N–H and O–H groups in total. The third kappa shape index (κ3) is 1.05. The van der Waals surface area contributed by atoms with E-state index in [1.807, 2.05) is 24.3 Å². The number of fused-ring (bicyclic) bond motifs is 1. The molecule has 1 aromatic rings. The average Bonchev–Trinajstić information content (AvgIpc) is 2.27. The molecule has 0 spiro atoms. The second-order valence-electron chi connectivity index (χ2n) is 1.99. The molecule has 1 heterocycles. The molecule has 0 amide bonds.